The molecule has 3 N–H and O–H groups in total. The lowest BCUT2D eigenvalue weighted by Crippen LogP contribution is -2.50. The SMILES string of the molecule is CCC1(CC)CC(=O)N(Cc2cccc(C(=O)N[C@@H](C)c3ccccc3)c2)C(N)=N1. The third-order valence-electron chi connectivity index (χ3n) is 5.90. The molecule has 1 aliphatic heterocycles. The van der Waals surface area contributed by atoms with Crippen molar-refractivity contribution in [1.82, 2.24) is 10.2 Å². The number of carbonyl (C=O) groups is 2. The molecule has 2 amide bonds. The number of carbonyl (C=O) groups excluding carboxylic acids is 2. The molecule has 0 radical (unpaired) electrons. The average molecular weight is 407 g/mol. The lowest BCUT2D eigenvalue weighted by molar-refractivity contribution is -0.130. The zero-order valence-corrected chi connectivity index (χ0v) is 17.9. The van der Waals surface area contributed by atoms with Crippen molar-refractivity contribution in [3.8, 4) is 0 Å². The van der Waals surface area contributed by atoms with Crippen molar-refractivity contribution in [2.24, 2.45) is 10.7 Å². The van der Waals surface area contributed by atoms with Gasteiger partial charge in [0, 0.05) is 5.56 Å². The maximum Gasteiger partial charge on any atom is 0.251 e. The Morgan fingerprint density at radius 3 is 2.50 bits per heavy atom. The minimum absolute atomic E-state index is 0.0289. The second kappa shape index (κ2) is 9.11. The molecule has 0 spiro atoms. The fourth-order valence-corrected chi connectivity index (χ4v) is 3.77. The molecule has 2 aromatic rings. The number of amides is 2. The van der Waals surface area contributed by atoms with Gasteiger partial charge in [0.25, 0.3) is 5.91 Å². The molecule has 1 atom stereocenters. The fourth-order valence-electron chi connectivity index (χ4n) is 3.77. The standard InChI is InChI=1S/C24H30N4O2/c1-4-24(5-2)15-21(29)28(23(25)27-24)16-18-10-9-13-20(14-18)22(30)26-17(3)19-11-7-6-8-12-19/h6-14,17H,4-5,15-16H2,1-3H3,(H2,25,27)(H,26,30)/t17-/m0/s1. The number of hydrogen-bond donors (Lipinski definition) is 2. The van der Waals surface area contributed by atoms with Crippen LogP contribution in [0, 0.1) is 0 Å². The van der Waals surface area contributed by atoms with Crippen LogP contribution in [0.25, 0.3) is 0 Å². The van der Waals surface area contributed by atoms with Gasteiger partial charge >= 0.3 is 0 Å². The molecule has 0 saturated heterocycles. The maximum atomic E-state index is 12.7. The molecule has 6 heteroatoms. The van der Waals surface area contributed by atoms with Crippen LogP contribution in [0.4, 0.5) is 0 Å². The summed E-state index contributed by atoms with van der Waals surface area (Å²) in [5.41, 5.74) is 8.18. The van der Waals surface area contributed by atoms with Crippen LogP contribution in [0.1, 0.15) is 67.6 Å². The van der Waals surface area contributed by atoms with Crippen molar-refractivity contribution in [2.45, 2.75) is 58.2 Å². The first-order valence-electron chi connectivity index (χ1n) is 10.5. The van der Waals surface area contributed by atoms with Crippen LogP contribution in [-0.2, 0) is 11.3 Å². The molecule has 0 aliphatic carbocycles. The van der Waals surface area contributed by atoms with Crippen LogP contribution in [0.2, 0.25) is 0 Å². The van der Waals surface area contributed by atoms with Crippen molar-refractivity contribution in [3.63, 3.8) is 0 Å². The smallest absolute Gasteiger partial charge is 0.251 e. The maximum absolute atomic E-state index is 12.7. The predicted octanol–water partition coefficient (Wildman–Crippen LogP) is 3.78. The van der Waals surface area contributed by atoms with Crippen LogP contribution in [-0.4, -0.2) is 28.2 Å². The highest BCUT2D eigenvalue weighted by molar-refractivity contribution is 5.99. The Hall–Kier alpha value is -3.15. The molecule has 0 bridgehead atoms. The number of hydrogen-bond acceptors (Lipinski definition) is 4. The first kappa shape index (κ1) is 21.6. The van der Waals surface area contributed by atoms with Crippen molar-refractivity contribution >= 4 is 17.8 Å². The van der Waals surface area contributed by atoms with Gasteiger partial charge in [0.1, 0.15) is 0 Å². The number of nitrogens with two attached hydrogens (primary N) is 1. The topological polar surface area (TPSA) is 87.8 Å². The number of aliphatic imine (C=N–C) groups is 1. The van der Waals surface area contributed by atoms with E-state index in [1.165, 1.54) is 4.90 Å². The number of guanidine groups is 1. The normalized spacial score (nSPS) is 16.7. The van der Waals surface area contributed by atoms with Gasteiger partial charge in [-0.05, 0) is 43.0 Å². The Bertz CT molecular complexity index is 935. The van der Waals surface area contributed by atoms with E-state index in [9.17, 15) is 9.59 Å². The van der Waals surface area contributed by atoms with Crippen molar-refractivity contribution in [3.05, 3.63) is 71.3 Å². The molecule has 6 nitrogen and oxygen atoms in total. The molecule has 158 valence electrons. The van der Waals surface area contributed by atoms with Crippen molar-refractivity contribution in [1.29, 1.82) is 0 Å². The van der Waals surface area contributed by atoms with Gasteiger partial charge < -0.3 is 11.1 Å². The van der Waals surface area contributed by atoms with Gasteiger partial charge in [-0.2, -0.15) is 0 Å². The Morgan fingerprint density at radius 2 is 1.87 bits per heavy atom. The predicted molar refractivity (Wildman–Crippen MR) is 119 cm³/mol. The summed E-state index contributed by atoms with van der Waals surface area (Å²) in [6, 6.07) is 17.0. The summed E-state index contributed by atoms with van der Waals surface area (Å²) >= 11 is 0. The van der Waals surface area contributed by atoms with E-state index in [1.54, 1.807) is 12.1 Å². The highest BCUT2D eigenvalue weighted by atomic mass is 16.2. The van der Waals surface area contributed by atoms with Gasteiger partial charge in [0.2, 0.25) is 5.91 Å². The van der Waals surface area contributed by atoms with E-state index in [4.69, 9.17) is 5.73 Å². The van der Waals surface area contributed by atoms with Gasteiger partial charge in [-0.25, -0.2) is 4.99 Å². The van der Waals surface area contributed by atoms with E-state index in [-0.39, 0.29) is 23.8 Å². The van der Waals surface area contributed by atoms with Crippen molar-refractivity contribution in [2.75, 3.05) is 0 Å². The minimum atomic E-state index is -0.396. The number of rotatable bonds is 7. The molecule has 0 unspecified atom stereocenters. The zero-order valence-electron chi connectivity index (χ0n) is 17.9. The summed E-state index contributed by atoms with van der Waals surface area (Å²) < 4.78 is 0. The second-order valence-electron chi connectivity index (χ2n) is 7.86. The summed E-state index contributed by atoms with van der Waals surface area (Å²) in [4.78, 5) is 31.6. The Morgan fingerprint density at radius 1 is 1.17 bits per heavy atom. The van der Waals surface area contributed by atoms with E-state index in [1.807, 2.05) is 63.2 Å². The average Bonchev–Trinajstić information content (AvgIpc) is 2.76. The summed E-state index contributed by atoms with van der Waals surface area (Å²) in [5.74, 6) is 0.0667. The third kappa shape index (κ3) is 4.70. The van der Waals surface area contributed by atoms with E-state index < -0.39 is 5.54 Å². The Balaban J connectivity index is 1.73. The van der Waals surface area contributed by atoms with E-state index in [0.29, 0.717) is 18.5 Å². The monoisotopic (exact) mass is 406 g/mol. The molecular formula is C24H30N4O2. The molecule has 0 saturated carbocycles. The van der Waals surface area contributed by atoms with Gasteiger partial charge in [-0.15, -0.1) is 0 Å². The van der Waals surface area contributed by atoms with E-state index in [2.05, 4.69) is 10.3 Å². The summed E-state index contributed by atoms with van der Waals surface area (Å²) in [6.07, 6.45) is 1.91. The van der Waals surface area contributed by atoms with Crippen LogP contribution in [0.5, 0.6) is 0 Å². The van der Waals surface area contributed by atoms with Gasteiger partial charge in [-0.1, -0.05) is 56.3 Å². The highest BCUT2D eigenvalue weighted by Gasteiger charge is 2.37. The van der Waals surface area contributed by atoms with Gasteiger partial charge in [-0.3, -0.25) is 14.5 Å². The van der Waals surface area contributed by atoms with E-state index in [0.717, 1.165) is 24.0 Å². The summed E-state index contributed by atoms with van der Waals surface area (Å²) in [6.45, 7) is 6.31. The molecule has 0 aromatic heterocycles. The molecular weight excluding hydrogens is 376 g/mol. The number of benzene rings is 2. The largest absolute Gasteiger partial charge is 0.369 e. The molecule has 1 heterocycles. The molecule has 3 rings (SSSR count). The van der Waals surface area contributed by atoms with Gasteiger partial charge in [0.15, 0.2) is 5.96 Å². The minimum Gasteiger partial charge on any atom is -0.369 e. The van der Waals surface area contributed by atoms with Crippen LogP contribution in [0.15, 0.2) is 59.6 Å². The molecule has 0 fully saturated rings. The fraction of sp³-hybridized carbons (Fsp3) is 0.375. The highest BCUT2D eigenvalue weighted by Crippen LogP contribution is 2.30. The molecule has 30 heavy (non-hydrogen) atoms. The Labute approximate surface area is 178 Å². The van der Waals surface area contributed by atoms with Gasteiger partial charge in [0.05, 0.1) is 24.5 Å². The molecule has 2 aromatic carbocycles. The van der Waals surface area contributed by atoms with Crippen LogP contribution in [0.3, 0.4) is 0 Å². The van der Waals surface area contributed by atoms with E-state index >= 15 is 0 Å². The molecule has 1 aliphatic rings. The van der Waals surface area contributed by atoms with Crippen LogP contribution < -0.4 is 11.1 Å². The Kier molecular flexibility index (Phi) is 6.55. The summed E-state index contributed by atoms with van der Waals surface area (Å²) in [5, 5.41) is 3.02. The quantitative estimate of drug-likeness (QED) is 0.733. The lowest BCUT2D eigenvalue weighted by Gasteiger charge is -2.36. The zero-order chi connectivity index (χ0) is 21.7. The number of nitrogens with one attached hydrogen (secondary N) is 1. The summed E-state index contributed by atoms with van der Waals surface area (Å²) in [7, 11) is 0. The second-order valence-corrected chi connectivity index (χ2v) is 7.86. The number of nitrogens with zero attached hydrogens (tertiary/aromatic N) is 2. The lowest BCUT2D eigenvalue weighted by atomic mass is 9.88. The first-order valence-corrected chi connectivity index (χ1v) is 10.5. The first-order chi connectivity index (χ1) is 14.4. The third-order valence-corrected chi connectivity index (χ3v) is 5.90. The van der Waals surface area contributed by atoms with Crippen LogP contribution >= 0.6 is 0 Å². The van der Waals surface area contributed by atoms with Crippen molar-refractivity contribution < 1.29 is 9.59 Å².